The summed E-state index contributed by atoms with van der Waals surface area (Å²) < 4.78 is 58.7. The molecule has 3 aliphatic heterocycles. The fourth-order valence-electron chi connectivity index (χ4n) is 18.7. The van der Waals surface area contributed by atoms with Gasteiger partial charge in [0, 0.05) is 68.5 Å². The fourth-order valence-corrected chi connectivity index (χ4v) is 19.9. The van der Waals surface area contributed by atoms with Crippen LogP contribution in [0.1, 0.15) is 154 Å². The molecular weight excluding hydrogens is 1520 g/mol. The number of hydrogen-bond donors (Lipinski definition) is 10. The Hall–Kier alpha value is -9.39. The highest BCUT2D eigenvalue weighted by atomic mass is 32.2. The van der Waals surface area contributed by atoms with Crippen molar-refractivity contribution in [3.63, 3.8) is 0 Å². The predicted octanol–water partition coefficient (Wildman–Crippen LogP) is 5.81. The Kier molecular flexibility index (Phi) is 25.2. The molecule has 7 aliphatic rings. The third-order valence-electron chi connectivity index (χ3n) is 23.2. The van der Waals surface area contributed by atoms with Gasteiger partial charge in [-0.25, -0.2) is 24.4 Å². The summed E-state index contributed by atoms with van der Waals surface area (Å²) in [5, 5.41) is 69.1. The third-order valence-corrected chi connectivity index (χ3v) is 24.8. The molecule has 4 aliphatic carbocycles. The Morgan fingerprint density at radius 1 is 0.842 bits per heavy atom. The number of benzene rings is 3. The topological polar surface area (TPSA) is 448 Å². The molecule has 3 aromatic carbocycles. The van der Waals surface area contributed by atoms with Crippen LogP contribution in [0.2, 0.25) is 0 Å². The average molecular weight is 1620 g/mol. The number of carbonyl (C=O) groups is 9. The molecule has 10 N–H and O–H groups in total. The molecule has 6 fully saturated rings. The van der Waals surface area contributed by atoms with Crippen LogP contribution in [0.25, 0.3) is 21.3 Å². The number of aliphatic hydroxyl groups excluding tert-OH is 3. The van der Waals surface area contributed by atoms with E-state index in [1.807, 2.05) is 59.0 Å². The molecule has 34 heteroatoms. The molecule has 3 aromatic heterocycles. The minimum absolute atomic E-state index is 0.0196. The van der Waals surface area contributed by atoms with Crippen molar-refractivity contribution in [2.24, 2.45) is 22.2 Å². The number of rotatable bonds is 33. The minimum Gasteiger partial charge on any atom is -0.479 e. The van der Waals surface area contributed by atoms with Gasteiger partial charge in [-0.3, -0.25) is 43.3 Å². The summed E-state index contributed by atoms with van der Waals surface area (Å²) in [4.78, 5) is 135. The number of nitrogens with one attached hydrogen (secondary N) is 4. The van der Waals surface area contributed by atoms with E-state index in [0.717, 1.165) is 70.5 Å². The second kappa shape index (κ2) is 34.2. The number of likely N-dealkylation sites (N-methyl/N-ethyl adjacent to an activating group) is 1. The Labute approximate surface area is 663 Å². The van der Waals surface area contributed by atoms with Crippen molar-refractivity contribution in [3.05, 3.63) is 124 Å². The highest BCUT2D eigenvalue weighted by Gasteiger charge is 2.66. The number of aryl methyl sites for hydroxylation is 1. The molecule has 11 atom stereocenters. The van der Waals surface area contributed by atoms with Crippen LogP contribution in [0, 0.1) is 29.1 Å². The van der Waals surface area contributed by atoms with Crippen LogP contribution in [-0.4, -0.2) is 234 Å². The summed E-state index contributed by atoms with van der Waals surface area (Å²) in [6.07, 6.45) is -2.01. The maximum absolute atomic E-state index is 14.0. The number of anilines is 2. The van der Waals surface area contributed by atoms with Crippen molar-refractivity contribution in [1.29, 1.82) is 0 Å². The summed E-state index contributed by atoms with van der Waals surface area (Å²) in [5.74, 6) is -6.82. The molecule has 2 saturated heterocycles. The standard InChI is InChI=1S/C80H101N11O21S2/c1-9-62(93)83-57-31-51(36-109-27-28-114(106,107)108)90(72(57)100)34-63(94)86-64(44(2)3)71(99)82-45(4)58(92)30-47-17-18-50(49(29-47)19-21-59-66(95)67(96)68(97)69(112-59)74(103)104)35-110-76(105)88(8)25-26-111-80-40-77(6)37-78(7,41-80)39-79(38-77,42-80)43-91-46(5)54(32-81-91)52-20-22-61(85-65(52)73(101)102)89-24-23-48-13-12-14-53(55(48)33-89)70(98)87-75-84-56-15-10-11-16-60(56)113-75/h10-18,20,22,29,32,44-45,51,57,59,64,66-69,95-97H,9,19,21,23-28,30-31,33-43H2,1-8H3,(H,82,99)(H,83,93)(H,86,94)(H,101,102)(H,103,104)(H,84,87,98)(H,106,107,108)/t45-,51-,57-,59-,64-,66-,67+,68-,69-,77?,78?,79?,80?/m0/s1. The molecule has 4 saturated carbocycles. The van der Waals surface area contributed by atoms with E-state index in [2.05, 4.69) is 40.1 Å². The number of nitrogens with zero attached hydrogens (tertiary/aromatic N) is 7. The fraction of sp³-hybridized carbons (Fsp3) is 0.550. The number of aliphatic hydroxyl groups is 3. The summed E-state index contributed by atoms with van der Waals surface area (Å²) in [6.45, 7) is 13.2. The summed E-state index contributed by atoms with van der Waals surface area (Å²) in [5.41, 5.74) is 5.37. The van der Waals surface area contributed by atoms with Gasteiger partial charge in [-0.15, -0.1) is 0 Å². The van der Waals surface area contributed by atoms with Gasteiger partial charge in [0.1, 0.15) is 42.8 Å². The maximum Gasteiger partial charge on any atom is 0.409 e. The lowest BCUT2D eigenvalue weighted by Gasteiger charge is -2.69. The number of Topliss-reactive ketones (excluding diaryl/α,β-unsaturated/α-hetero) is 1. The first kappa shape index (κ1) is 84.0. The zero-order chi connectivity index (χ0) is 82.1. The number of amides is 6. The minimum atomic E-state index is -4.36. The number of para-hydroxylation sites is 1. The Balaban J connectivity index is 0.673. The predicted molar refractivity (Wildman–Crippen MR) is 416 cm³/mol. The monoisotopic (exact) mass is 1620 g/mol. The van der Waals surface area contributed by atoms with Gasteiger partial charge in [-0.1, -0.05) is 88.4 Å². The van der Waals surface area contributed by atoms with E-state index < -0.39 is 143 Å². The lowest BCUT2D eigenvalue weighted by molar-refractivity contribution is -0.248. The van der Waals surface area contributed by atoms with Gasteiger partial charge in [0.15, 0.2) is 22.7 Å². The van der Waals surface area contributed by atoms with Crippen molar-refractivity contribution in [2.75, 3.05) is 62.5 Å². The van der Waals surface area contributed by atoms with E-state index in [9.17, 15) is 77.1 Å². The van der Waals surface area contributed by atoms with Crippen LogP contribution < -0.4 is 26.2 Å². The van der Waals surface area contributed by atoms with Crippen molar-refractivity contribution < 1.29 is 101 Å². The van der Waals surface area contributed by atoms with Crippen LogP contribution in [-0.2, 0) is 96.8 Å². The van der Waals surface area contributed by atoms with Crippen LogP contribution in [0.3, 0.4) is 0 Å². The molecule has 0 radical (unpaired) electrons. The number of thiazole rings is 1. The maximum atomic E-state index is 14.0. The molecule has 32 nitrogen and oxygen atoms in total. The van der Waals surface area contributed by atoms with Gasteiger partial charge < -0.3 is 75.1 Å². The van der Waals surface area contributed by atoms with Crippen LogP contribution in [0.15, 0.2) is 79.0 Å². The van der Waals surface area contributed by atoms with Gasteiger partial charge in [-0.05, 0) is 158 Å². The number of aromatic carboxylic acids is 1. The Bertz CT molecular complexity index is 4750. The molecule has 614 valence electrons. The normalized spacial score (nSPS) is 25.6. The highest BCUT2D eigenvalue weighted by Crippen LogP contribution is 2.72. The largest absolute Gasteiger partial charge is 0.479 e. The van der Waals surface area contributed by atoms with Crippen LogP contribution >= 0.6 is 11.3 Å². The second-order valence-electron chi connectivity index (χ2n) is 32.8. The first-order valence-corrected chi connectivity index (χ1v) is 41.0. The number of hydrogen-bond acceptors (Lipinski definition) is 23. The van der Waals surface area contributed by atoms with E-state index in [4.69, 9.17) is 33.6 Å². The van der Waals surface area contributed by atoms with E-state index in [1.165, 1.54) is 23.2 Å². The molecule has 2 unspecified atom stereocenters. The van der Waals surface area contributed by atoms with Gasteiger partial charge in [-0.2, -0.15) is 13.5 Å². The molecule has 6 aromatic rings. The van der Waals surface area contributed by atoms with Crippen LogP contribution in [0.4, 0.5) is 15.7 Å². The smallest absolute Gasteiger partial charge is 0.409 e. The molecule has 6 heterocycles. The summed E-state index contributed by atoms with van der Waals surface area (Å²) in [7, 11) is -2.77. The molecule has 0 spiro atoms. The number of aromatic nitrogens is 4. The van der Waals surface area contributed by atoms with Crippen LogP contribution in [0.5, 0.6) is 0 Å². The number of aliphatic carboxylic acids is 1. The number of ether oxygens (including phenoxy) is 4. The lowest BCUT2D eigenvalue weighted by Crippen LogP contribution is -2.64. The number of likely N-dealkylation sites (tertiary alicyclic amines) is 1. The Morgan fingerprint density at radius 2 is 1.59 bits per heavy atom. The van der Waals surface area contributed by atoms with Crippen molar-refractivity contribution in [2.45, 2.75) is 206 Å². The highest BCUT2D eigenvalue weighted by molar-refractivity contribution is 7.85. The van der Waals surface area contributed by atoms with Gasteiger partial charge in [0.2, 0.25) is 23.6 Å². The number of carbonyl (C=O) groups excluding carboxylic acids is 7. The first-order valence-electron chi connectivity index (χ1n) is 38.5. The quantitative estimate of drug-likeness (QED) is 0.0172. The number of ketones is 1. The first-order chi connectivity index (χ1) is 53.9. The summed E-state index contributed by atoms with van der Waals surface area (Å²) in [6, 6.07) is 17.7. The average Bonchev–Trinajstić information content (AvgIpc) is 0.714. The zero-order valence-corrected chi connectivity index (χ0v) is 66.7. The van der Waals surface area contributed by atoms with Gasteiger partial charge in [0.25, 0.3) is 16.0 Å². The van der Waals surface area contributed by atoms with Crippen molar-refractivity contribution in [3.8, 4) is 11.1 Å². The number of carboxylic acids is 2. The van der Waals surface area contributed by atoms with Crippen molar-refractivity contribution >= 4 is 96.0 Å². The van der Waals surface area contributed by atoms with E-state index in [1.54, 1.807) is 64.3 Å². The Morgan fingerprint density at radius 3 is 2.29 bits per heavy atom. The summed E-state index contributed by atoms with van der Waals surface area (Å²) >= 11 is 1.40. The number of pyridine rings is 1. The van der Waals surface area contributed by atoms with E-state index >= 15 is 0 Å². The lowest BCUT2D eigenvalue weighted by atomic mass is 9.39. The molecule has 13 rings (SSSR count). The van der Waals surface area contributed by atoms with Gasteiger partial charge in [0.05, 0.1) is 72.3 Å². The molecular formula is C80H101N11O21S2. The zero-order valence-electron chi connectivity index (χ0n) is 65.1. The third kappa shape index (κ3) is 19.1. The second-order valence-corrected chi connectivity index (χ2v) is 35.4. The van der Waals surface area contributed by atoms with Gasteiger partial charge >= 0.3 is 18.0 Å². The molecule has 6 amide bonds. The molecule has 4 bridgehead atoms. The SMILES string of the molecule is CCC(=O)N[C@H]1C[C@@H](COCCS(=O)(=O)O)N(CC(=O)N[C@H](C(=O)N[C@@H](C)C(=O)Cc2ccc(COC(=O)N(C)CCOC34CC5(C)CC(C)(CC(Cn6ncc(-c7ccc(N8CCc9cccc(C(=O)Nc%10nc%11ccccc%11s%10)c9C8)nc7C(=O)O)c6C)(C5)C3)C4)c(CC[C@@H]3O[C@H](C(=O)O)[C@@H](O)[C@H](O)[C@H]3O)c2)C(C)C)C1=O. The molecule has 114 heavy (non-hydrogen) atoms. The number of carboxylic acid groups (broad SMARTS) is 2. The van der Waals surface area contributed by atoms with E-state index in [-0.39, 0.29) is 86.3 Å². The van der Waals surface area contributed by atoms with E-state index in [0.29, 0.717) is 70.4 Å². The number of fused-ring (bicyclic) bond motifs is 2. The van der Waals surface area contributed by atoms with Crippen molar-refractivity contribution in [1.82, 2.24) is 45.5 Å².